The van der Waals surface area contributed by atoms with Crippen LogP contribution in [0.1, 0.15) is 45.1 Å². The molecule has 1 aromatic rings. The Bertz CT molecular complexity index is 339. The van der Waals surface area contributed by atoms with Crippen LogP contribution in [0.4, 0.5) is 4.39 Å². The van der Waals surface area contributed by atoms with Gasteiger partial charge in [0, 0.05) is 16.0 Å². The van der Waals surface area contributed by atoms with Gasteiger partial charge in [0.05, 0.1) is 0 Å². The quantitative estimate of drug-likeness (QED) is 0.553. The van der Waals surface area contributed by atoms with Gasteiger partial charge in [-0.25, -0.2) is 4.39 Å². The predicted molar refractivity (Wildman–Crippen MR) is 78.1 cm³/mol. The number of halogens is 3. The number of hydrogen-bond donors (Lipinski definition) is 0. The van der Waals surface area contributed by atoms with Crippen LogP contribution < -0.4 is 0 Å². The van der Waals surface area contributed by atoms with Crippen molar-refractivity contribution in [1.82, 2.24) is 0 Å². The lowest BCUT2D eigenvalue weighted by molar-refractivity contribution is 0.415. The molecule has 102 valence electrons. The molecule has 0 aliphatic carbocycles. The standard InChI is InChI=1S/C15H21Cl2F/c1-3-6-11(7-4-2)14(17)10-12-13(16)8-5-9-15(12)18/h5,8-9,11,14H,3-4,6-7,10H2,1-2H3. The van der Waals surface area contributed by atoms with Gasteiger partial charge in [-0.2, -0.15) is 0 Å². The Morgan fingerprint density at radius 1 is 1.17 bits per heavy atom. The summed E-state index contributed by atoms with van der Waals surface area (Å²) in [5.41, 5.74) is 0.552. The highest BCUT2D eigenvalue weighted by Crippen LogP contribution is 2.28. The van der Waals surface area contributed by atoms with Crippen molar-refractivity contribution in [2.75, 3.05) is 0 Å². The topological polar surface area (TPSA) is 0 Å². The second-order valence-corrected chi connectivity index (χ2v) is 5.73. The van der Waals surface area contributed by atoms with Crippen LogP contribution in [0, 0.1) is 11.7 Å². The van der Waals surface area contributed by atoms with E-state index in [4.69, 9.17) is 23.2 Å². The first-order valence-corrected chi connectivity index (χ1v) is 7.48. The maximum atomic E-state index is 13.7. The summed E-state index contributed by atoms with van der Waals surface area (Å²) in [5, 5.41) is 0.437. The number of rotatable bonds is 7. The summed E-state index contributed by atoms with van der Waals surface area (Å²) in [6.45, 7) is 4.31. The molecule has 0 aromatic heterocycles. The third-order valence-electron chi connectivity index (χ3n) is 3.29. The Morgan fingerprint density at radius 2 is 1.78 bits per heavy atom. The minimum Gasteiger partial charge on any atom is -0.207 e. The largest absolute Gasteiger partial charge is 0.207 e. The van der Waals surface area contributed by atoms with E-state index in [9.17, 15) is 4.39 Å². The van der Waals surface area contributed by atoms with Crippen molar-refractivity contribution < 1.29 is 4.39 Å². The molecule has 0 fully saturated rings. The molecule has 3 heteroatoms. The summed E-state index contributed by atoms with van der Waals surface area (Å²) in [5.74, 6) is 0.192. The third-order valence-corrected chi connectivity index (χ3v) is 4.16. The van der Waals surface area contributed by atoms with Gasteiger partial charge in [0.25, 0.3) is 0 Å². The van der Waals surface area contributed by atoms with Crippen LogP contribution in [0.3, 0.4) is 0 Å². The lowest BCUT2D eigenvalue weighted by Gasteiger charge is -2.22. The second kappa shape index (κ2) is 8.01. The average Bonchev–Trinajstić information content (AvgIpc) is 2.33. The highest BCUT2D eigenvalue weighted by molar-refractivity contribution is 6.31. The predicted octanol–water partition coefficient (Wildman–Crippen LogP) is 5.85. The summed E-state index contributed by atoms with van der Waals surface area (Å²) in [4.78, 5) is 0. The van der Waals surface area contributed by atoms with Crippen molar-refractivity contribution in [2.24, 2.45) is 5.92 Å². The van der Waals surface area contributed by atoms with Gasteiger partial charge in [-0.05, 0) is 37.3 Å². The molecule has 0 N–H and O–H groups in total. The minimum atomic E-state index is -0.250. The molecular formula is C15H21Cl2F. The molecule has 1 rings (SSSR count). The van der Waals surface area contributed by atoms with Crippen LogP contribution in [0.2, 0.25) is 5.02 Å². The number of alkyl halides is 1. The van der Waals surface area contributed by atoms with E-state index in [1.807, 2.05) is 0 Å². The second-order valence-electron chi connectivity index (χ2n) is 4.76. The molecule has 1 atom stereocenters. The number of benzene rings is 1. The molecule has 0 aliphatic heterocycles. The van der Waals surface area contributed by atoms with E-state index in [1.54, 1.807) is 12.1 Å². The molecule has 0 spiro atoms. The molecular weight excluding hydrogens is 270 g/mol. The number of hydrogen-bond acceptors (Lipinski definition) is 0. The van der Waals surface area contributed by atoms with Gasteiger partial charge in [-0.3, -0.25) is 0 Å². The SMILES string of the molecule is CCCC(CCC)C(Cl)Cc1c(F)cccc1Cl. The Balaban J connectivity index is 2.75. The molecule has 0 saturated carbocycles. The maximum absolute atomic E-state index is 13.7. The van der Waals surface area contributed by atoms with Crippen molar-refractivity contribution in [1.29, 1.82) is 0 Å². The van der Waals surface area contributed by atoms with E-state index in [2.05, 4.69) is 13.8 Å². The molecule has 0 amide bonds. The molecule has 0 nitrogen and oxygen atoms in total. The minimum absolute atomic E-state index is 0.0423. The highest BCUT2D eigenvalue weighted by Gasteiger charge is 2.20. The summed E-state index contributed by atoms with van der Waals surface area (Å²) in [7, 11) is 0. The van der Waals surface area contributed by atoms with E-state index < -0.39 is 0 Å². The van der Waals surface area contributed by atoms with Gasteiger partial charge in [-0.15, -0.1) is 11.6 Å². The van der Waals surface area contributed by atoms with Gasteiger partial charge < -0.3 is 0 Å². The fraction of sp³-hybridized carbons (Fsp3) is 0.600. The van der Waals surface area contributed by atoms with Crippen molar-refractivity contribution in [3.63, 3.8) is 0 Å². The third kappa shape index (κ3) is 4.44. The van der Waals surface area contributed by atoms with Gasteiger partial charge in [0.2, 0.25) is 0 Å². The smallest absolute Gasteiger partial charge is 0.127 e. The molecule has 18 heavy (non-hydrogen) atoms. The van der Waals surface area contributed by atoms with Crippen LogP contribution in [-0.4, -0.2) is 5.38 Å². The van der Waals surface area contributed by atoms with Gasteiger partial charge in [0.1, 0.15) is 5.82 Å². The van der Waals surface area contributed by atoms with Gasteiger partial charge >= 0.3 is 0 Å². The molecule has 0 bridgehead atoms. The normalized spacial score (nSPS) is 13.0. The van der Waals surface area contributed by atoms with E-state index >= 15 is 0 Å². The average molecular weight is 291 g/mol. The Labute approximate surface area is 119 Å². The van der Waals surface area contributed by atoms with Crippen LogP contribution >= 0.6 is 23.2 Å². The van der Waals surface area contributed by atoms with Gasteiger partial charge in [0.15, 0.2) is 0 Å². The van der Waals surface area contributed by atoms with E-state index in [1.165, 1.54) is 6.07 Å². The van der Waals surface area contributed by atoms with Gasteiger partial charge in [-0.1, -0.05) is 44.4 Å². The Morgan fingerprint density at radius 3 is 2.28 bits per heavy atom. The monoisotopic (exact) mass is 290 g/mol. The Hall–Kier alpha value is -0.270. The van der Waals surface area contributed by atoms with E-state index in [-0.39, 0.29) is 11.2 Å². The molecule has 0 aliphatic rings. The van der Waals surface area contributed by atoms with Crippen LogP contribution in [0.15, 0.2) is 18.2 Å². The van der Waals surface area contributed by atoms with Crippen LogP contribution in [0.5, 0.6) is 0 Å². The van der Waals surface area contributed by atoms with E-state index in [0.29, 0.717) is 22.9 Å². The fourth-order valence-corrected chi connectivity index (χ4v) is 2.98. The lowest BCUT2D eigenvalue weighted by atomic mass is 9.91. The Kier molecular flexibility index (Phi) is 7.03. The molecule has 0 heterocycles. The van der Waals surface area contributed by atoms with E-state index in [0.717, 1.165) is 25.7 Å². The van der Waals surface area contributed by atoms with Crippen molar-refractivity contribution in [3.05, 3.63) is 34.6 Å². The zero-order valence-electron chi connectivity index (χ0n) is 11.1. The summed E-state index contributed by atoms with van der Waals surface area (Å²) in [6.07, 6.45) is 4.91. The van der Waals surface area contributed by atoms with Crippen molar-refractivity contribution in [2.45, 2.75) is 51.3 Å². The fourth-order valence-electron chi connectivity index (χ4n) is 2.34. The zero-order chi connectivity index (χ0) is 13.5. The van der Waals surface area contributed by atoms with Crippen LogP contribution in [0.25, 0.3) is 0 Å². The molecule has 1 aromatic carbocycles. The van der Waals surface area contributed by atoms with Crippen LogP contribution in [-0.2, 0) is 6.42 Å². The first kappa shape index (κ1) is 15.8. The van der Waals surface area contributed by atoms with Crippen molar-refractivity contribution in [3.8, 4) is 0 Å². The molecule has 0 saturated heterocycles. The summed E-state index contributed by atoms with van der Waals surface area (Å²) < 4.78 is 13.7. The lowest BCUT2D eigenvalue weighted by Crippen LogP contribution is -2.18. The summed E-state index contributed by atoms with van der Waals surface area (Å²) >= 11 is 12.5. The highest BCUT2D eigenvalue weighted by atomic mass is 35.5. The molecule has 1 unspecified atom stereocenters. The first-order valence-electron chi connectivity index (χ1n) is 6.67. The summed E-state index contributed by atoms with van der Waals surface area (Å²) in [6, 6.07) is 4.79. The first-order chi connectivity index (χ1) is 8.60. The zero-order valence-corrected chi connectivity index (χ0v) is 12.6. The molecule has 0 radical (unpaired) electrons. The van der Waals surface area contributed by atoms with Crippen molar-refractivity contribution >= 4 is 23.2 Å². The maximum Gasteiger partial charge on any atom is 0.127 e.